The summed E-state index contributed by atoms with van der Waals surface area (Å²) in [4.78, 5) is 26.7. The zero-order valence-electron chi connectivity index (χ0n) is 14.2. The Labute approximate surface area is 151 Å². The Morgan fingerprint density at radius 3 is 2.72 bits per heavy atom. The van der Waals surface area contributed by atoms with Crippen molar-refractivity contribution in [1.82, 2.24) is 0 Å². The van der Waals surface area contributed by atoms with E-state index < -0.39 is 12.1 Å². The van der Waals surface area contributed by atoms with E-state index in [2.05, 4.69) is 5.32 Å². The van der Waals surface area contributed by atoms with Crippen molar-refractivity contribution in [2.24, 2.45) is 0 Å². The fraction of sp³-hybridized carbons (Fsp3) is 0.263. The number of benzene rings is 2. The second-order valence-electron chi connectivity index (χ2n) is 6.07. The number of fused-ring (bicyclic) bond motifs is 1. The van der Waals surface area contributed by atoms with Crippen LogP contribution < -0.4 is 15.0 Å². The minimum absolute atomic E-state index is 0.247. The molecule has 0 saturated carbocycles. The van der Waals surface area contributed by atoms with Crippen molar-refractivity contribution in [2.45, 2.75) is 32.9 Å². The molecule has 0 aromatic heterocycles. The highest BCUT2D eigenvalue weighted by Crippen LogP contribution is 2.35. The third-order valence-electron chi connectivity index (χ3n) is 4.22. The predicted octanol–water partition coefficient (Wildman–Crippen LogP) is 3.79. The molecule has 2 aromatic carbocycles. The van der Waals surface area contributed by atoms with Crippen LogP contribution >= 0.6 is 11.6 Å². The van der Waals surface area contributed by atoms with Crippen LogP contribution in [0.2, 0.25) is 5.02 Å². The number of para-hydroxylation sites is 2. The summed E-state index contributed by atoms with van der Waals surface area (Å²) >= 11 is 6.10. The van der Waals surface area contributed by atoms with Gasteiger partial charge in [0.1, 0.15) is 11.8 Å². The van der Waals surface area contributed by atoms with Gasteiger partial charge in [-0.15, -0.1) is 0 Å². The number of carbonyl (C=O) groups excluding carboxylic acids is 2. The van der Waals surface area contributed by atoms with Gasteiger partial charge >= 0.3 is 0 Å². The Bertz CT molecular complexity index is 837. The lowest BCUT2D eigenvalue weighted by Gasteiger charge is -2.36. The Balaban J connectivity index is 1.86. The van der Waals surface area contributed by atoms with Crippen LogP contribution in [0.5, 0.6) is 5.75 Å². The molecule has 1 heterocycles. The van der Waals surface area contributed by atoms with Crippen LogP contribution in [-0.4, -0.2) is 24.0 Å². The minimum Gasteiger partial charge on any atom is -0.479 e. The summed E-state index contributed by atoms with van der Waals surface area (Å²) in [6.45, 7) is 5.26. The smallest absolute Gasteiger partial charge is 0.268 e. The average Bonchev–Trinajstić information content (AvgIpc) is 2.59. The molecule has 0 radical (unpaired) electrons. The van der Waals surface area contributed by atoms with Gasteiger partial charge in [0.15, 0.2) is 6.10 Å². The molecule has 0 saturated heterocycles. The molecule has 2 amide bonds. The SMILES string of the molecule is Cc1ccc(NC(=O)C(C)N2C(=O)C(C)Oc3ccccc32)cc1Cl. The summed E-state index contributed by atoms with van der Waals surface area (Å²) in [7, 11) is 0. The maximum absolute atomic E-state index is 12.7. The highest BCUT2D eigenvalue weighted by Gasteiger charge is 2.36. The molecule has 0 bridgehead atoms. The van der Waals surface area contributed by atoms with E-state index in [0.717, 1.165) is 5.56 Å². The highest BCUT2D eigenvalue weighted by molar-refractivity contribution is 6.31. The molecule has 1 aliphatic rings. The summed E-state index contributed by atoms with van der Waals surface area (Å²) in [5.74, 6) is 0.0492. The summed E-state index contributed by atoms with van der Waals surface area (Å²) in [5.41, 5.74) is 2.11. The standard InChI is InChI=1S/C19H19ClN2O3/c1-11-8-9-14(10-15(11)20)21-18(23)12(2)22-16-6-4-5-7-17(16)25-13(3)19(22)24/h4-10,12-13H,1-3H3,(H,21,23). The molecular formula is C19H19ClN2O3. The lowest BCUT2D eigenvalue weighted by Crippen LogP contribution is -2.52. The Morgan fingerprint density at radius 1 is 1.28 bits per heavy atom. The molecule has 2 unspecified atom stereocenters. The van der Waals surface area contributed by atoms with E-state index in [0.29, 0.717) is 22.1 Å². The number of halogens is 1. The van der Waals surface area contributed by atoms with Crippen LogP contribution in [-0.2, 0) is 9.59 Å². The van der Waals surface area contributed by atoms with Gasteiger partial charge in [-0.3, -0.25) is 14.5 Å². The molecule has 25 heavy (non-hydrogen) atoms. The first-order valence-corrected chi connectivity index (χ1v) is 8.42. The van der Waals surface area contributed by atoms with E-state index in [1.54, 1.807) is 38.1 Å². The second kappa shape index (κ2) is 6.76. The number of rotatable bonds is 3. The summed E-state index contributed by atoms with van der Waals surface area (Å²) in [6.07, 6.45) is -0.640. The van der Waals surface area contributed by atoms with Crippen molar-refractivity contribution in [3.05, 3.63) is 53.1 Å². The number of nitrogens with one attached hydrogen (secondary N) is 1. The average molecular weight is 359 g/mol. The van der Waals surface area contributed by atoms with Crippen LogP contribution in [0.3, 0.4) is 0 Å². The number of nitrogens with zero attached hydrogens (tertiary/aromatic N) is 1. The topological polar surface area (TPSA) is 58.6 Å². The Kier molecular flexibility index (Phi) is 4.68. The summed E-state index contributed by atoms with van der Waals surface area (Å²) < 4.78 is 5.61. The largest absolute Gasteiger partial charge is 0.479 e. The maximum atomic E-state index is 12.7. The van der Waals surface area contributed by atoms with E-state index in [-0.39, 0.29) is 11.8 Å². The first-order valence-electron chi connectivity index (χ1n) is 8.04. The Hall–Kier alpha value is -2.53. The number of aryl methyl sites for hydroxylation is 1. The molecule has 2 atom stereocenters. The normalized spacial score (nSPS) is 17.5. The van der Waals surface area contributed by atoms with Crippen molar-refractivity contribution >= 4 is 34.8 Å². The number of amides is 2. The second-order valence-corrected chi connectivity index (χ2v) is 6.47. The van der Waals surface area contributed by atoms with Gasteiger partial charge in [0.2, 0.25) is 5.91 Å². The number of hydrogen-bond acceptors (Lipinski definition) is 3. The molecule has 1 N–H and O–H groups in total. The number of anilines is 2. The van der Waals surface area contributed by atoms with Gasteiger partial charge < -0.3 is 10.1 Å². The van der Waals surface area contributed by atoms with Gasteiger partial charge in [0, 0.05) is 10.7 Å². The van der Waals surface area contributed by atoms with Crippen LogP contribution in [0.25, 0.3) is 0 Å². The molecule has 2 aromatic rings. The molecular weight excluding hydrogens is 340 g/mol. The van der Waals surface area contributed by atoms with Crippen molar-refractivity contribution in [3.8, 4) is 5.75 Å². The molecule has 3 rings (SSSR count). The zero-order chi connectivity index (χ0) is 18.1. The van der Waals surface area contributed by atoms with Crippen molar-refractivity contribution in [3.63, 3.8) is 0 Å². The van der Waals surface area contributed by atoms with E-state index in [4.69, 9.17) is 16.3 Å². The first kappa shape index (κ1) is 17.3. The fourth-order valence-corrected chi connectivity index (χ4v) is 2.93. The van der Waals surface area contributed by atoms with E-state index in [1.165, 1.54) is 4.90 Å². The van der Waals surface area contributed by atoms with E-state index in [9.17, 15) is 9.59 Å². The molecule has 0 fully saturated rings. The molecule has 0 aliphatic carbocycles. The van der Waals surface area contributed by atoms with E-state index >= 15 is 0 Å². The predicted molar refractivity (Wildman–Crippen MR) is 98.3 cm³/mol. The monoisotopic (exact) mass is 358 g/mol. The maximum Gasteiger partial charge on any atom is 0.268 e. The van der Waals surface area contributed by atoms with Crippen LogP contribution in [0.4, 0.5) is 11.4 Å². The van der Waals surface area contributed by atoms with Crippen LogP contribution in [0.1, 0.15) is 19.4 Å². The third-order valence-corrected chi connectivity index (χ3v) is 4.63. The fourth-order valence-electron chi connectivity index (χ4n) is 2.75. The number of ether oxygens (including phenoxy) is 1. The van der Waals surface area contributed by atoms with Gasteiger partial charge in [0.25, 0.3) is 5.91 Å². The lowest BCUT2D eigenvalue weighted by molar-refractivity contribution is -0.128. The van der Waals surface area contributed by atoms with Crippen molar-refractivity contribution < 1.29 is 14.3 Å². The van der Waals surface area contributed by atoms with Crippen molar-refractivity contribution in [1.29, 1.82) is 0 Å². The molecule has 6 heteroatoms. The van der Waals surface area contributed by atoms with Crippen molar-refractivity contribution in [2.75, 3.05) is 10.2 Å². The van der Waals surface area contributed by atoms with Gasteiger partial charge in [0.05, 0.1) is 5.69 Å². The summed E-state index contributed by atoms with van der Waals surface area (Å²) in [5, 5.41) is 3.39. The number of hydrogen-bond donors (Lipinski definition) is 1. The van der Waals surface area contributed by atoms with E-state index in [1.807, 2.05) is 25.1 Å². The molecule has 0 spiro atoms. The molecule has 130 valence electrons. The first-order chi connectivity index (χ1) is 11.9. The lowest BCUT2D eigenvalue weighted by atomic mass is 10.1. The summed E-state index contributed by atoms with van der Waals surface area (Å²) in [6, 6.07) is 11.8. The minimum atomic E-state index is -0.694. The number of carbonyl (C=O) groups is 2. The van der Waals surface area contributed by atoms with Gasteiger partial charge in [-0.25, -0.2) is 0 Å². The Morgan fingerprint density at radius 2 is 2.00 bits per heavy atom. The zero-order valence-corrected chi connectivity index (χ0v) is 15.0. The highest BCUT2D eigenvalue weighted by atomic mass is 35.5. The van der Waals surface area contributed by atoms with Crippen LogP contribution in [0, 0.1) is 6.92 Å². The van der Waals surface area contributed by atoms with Crippen LogP contribution in [0.15, 0.2) is 42.5 Å². The molecule has 5 nitrogen and oxygen atoms in total. The van der Waals surface area contributed by atoms with Gasteiger partial charge in [-0.2, -0.15) is 0 Å². The quantitative estimate of drug-likeness (QED) is 0.908. The van der Waals surface area contributed by atoms with Gasteiger partial charge in [-0.1, -0.05) is 29.8 Å². The third kappa shape index (κ3) is 3.33. The van der Waals surface area contributed by atoms with Gasteiger partial charge in [-0.05, 0) is 50.6 Å². The molecule has 1 aliphatic heterocycles.